The number of hydrogen-bond donors (Lipinski definition) is 1. The topological polar surface area (TPSA) is 32.3 Å². The minimum absolute atomic E-state index is 0.167. The fourth-order valence-corrected chi connectivity index (χ4v) is 8.16. The number of rotatable bonds is 4. The van der Waals surface area contributed by atoms with E-state index in [-0.39, 0.29) is 11.8 Å². The van der Waals surface area contributed by atoms with Crippen LogP contribution in [-0.2, 0) is 4.79 Å². The van der Waals surface area contributed by atoms with Crippen LogP contribution >= 0.6 is 11.6 Å². The molecule has 0 aliphatic carbocycles. The van der Waals surface area contributed by atoms with Crippen molar-refractivity contribution in [3.05, 3.63) is 18.8 Å². The van der Waals surface area contributed by atoms with Gasteiger partial charge < -0.3 is 0 Å². The minimum atomic E-state index is -2.23. The van der Waals surface area contributed by atoms with E-state index in [0.29, 0.717) is 0 Å². The van der Waals surface area contributed by atoms with Gasteiger partial charge in [0.1, 0.15) is 0 Å². The van der Waals surface area contributed by atoms with Crippen LogP contribution in [0.5, 0.6) is 0 Å². The van der Waals surface area contributed by atoms with Gasteiger partial charge >= 0.3 is 123 Å². The van der Waals surface area contributed by atoms with Crippen molar-refractivity contribution in [1.82, 2.24) is 8.20 Å². The Hall–Kier alpha value is 0.0701. The number of amides is 1. The number of piperidine rings is 1. The summed E-state index contributed by atoms with van der Waals surface area (Å²) in [6, 6.07) is 0. The van der Waals surface area contributed by atoms with E-state index in [2.05, 4.69) is 19.0 Å². The Morgan fingerprint density at radius 1 is 1.67 bits per heavy atom. The molecular weight excluding hydrogens is 350 g/mol. The fraction of sp³-hybridized carbons (Fsp3) is 0.615. The molecule has 2 aliphatic heterocycles. The van der Waals surface area contributed by atoms with Gasteiger partial charge in [-0.3, -0.25) is 0 Å². The summed E-state index contributed by atoms with van der Waals surface area (Å²) < 4.78 is 6.26. The van der Waals surface area contributed by atoms with Crippen molar-refractivity contribution in [2.75, 3.05) is 19.6 Å². The molecule has 1 saturated heterocycles. The number of carbonyl (C=O) groups is 1. The normalized spacial score (nSPS) is 24.2. The number of hydrogen-bond acceptors (Lipinski definition) is 2. The van der Waals surface area contributed by atoms with Crippen LogP contribution in [0.2, 0.25) is 0 Å². The van der Waals surface area contributed by atoms with E-state index in [0.717, 1.165) is 41.7 Å². The molecule has 2 heterocycles. The predicted molar refractivity (Wildman–Crippen MR) is 76.4 cm³/mol. The molecule has 1 fully saturated rings. The third kappa shape index (κ3) is 3.78. The van der Waals surface area contributed by atoms with Crippen molar-refractivity contribution >= 4 is 39.2 Å². The summed E-state index contributed by atoms with van der Waals surface area (Å²) in [5.74, 6) is 0.398. The fourth-order valence-electron chi connectivity index (χ4n) is 2.63. The monoisotopic (exact) mass is 370 g/mol. The summed E-state index contributed by atoms with van der Waals surface area (Å²) in [4.78, 5) is 14.7. The van der Waals surface area contributed by atoms with E-state index >= 15 is 0 Å². The van der Waals surface area contributed by atoms with Crippen LogP contribution in [0.25, 0.3) is 0 Å². The summed E-state index contributed by atoms with van der Waals surface area (Å²) in [7, 11) is 0. The quantitative estimate of drug-likeness (QED) is 0.821. The molecule has 1 unspecified atom stereocenters. The molecule has 5 heteroatoms. The molecular formula is C13H20ClInN2O. The summed E-state index contributed by atoms with van der Waals surface area (Å²) >= 11 is 3.88. The van der Waals surface area contributed by atoms with Gasteiger partial charge in [-0.25, -0.2) is 0 Å². The van der Waals surface area contributed by atoms with Crippen LogP contribution in [0.4, 0.5) is 0 Å². The average Bonchev–Trinajstić information content (AvgIpc) is 2.76. The number of nitrogens with one attached hydrogen (secondary N) is 1. The Balaban J connectivity index is 1.85. The molecule has 2 aliphatic rings. The third-order valence-electron chi connectivity index (χ3n) is 3.57. The first kappa shape index (κ1) is 14.5. The summed E-state index contributed by atoms with van der Waals surface area (Å²) in [6.07, 6.45) is 7.22. The van der Waals surface area contributed by atoms with Gasteiger partial charge in [-0.05, 0) is 0 Å². The Morgan fingerprint density at radius 2 is 2.50 bits per heavy atom. The van der Waals surface area contributed by atoms with Gasteiger partial charge in [0.05, 0.1) is 0 Å². The second kappa shape index (κ2) is 7.01. The van der Waals surface area contributed by atoms with Gasteiger partial charge in [0.25, 0.3) is 0 Å². The number of nitrogens with zero attached hydrogens (tertiary/aromatic N) is 1. The molecule has 0 radical (unpaired) electrons. The first-order chi connectivity index (χ1) is 8.70. The van der Waals surface area contributed by atoms with Gasteiger partial charge in [-0.15, -0.1) is 0 Å². The molecule has 0 saturated carbocycles. The summed E-state index contributed by atoms with van der Waals surface area (Å²) in [6.45, 7) is 5.36. The molecule has 0 spiro atoms. The van der Waals surface area contributed by atoms with Crippen LogP contribution < -0.4 is 3.30 Å². The zero-order valence-electron chi connectivity index (χ0n) is 10.9. The molecule has 3 nitrogen and oxygen atoms in total. The second-order valence-electron chi connectivity index (χ2n) is 5.06. The van der Waals surface area contributed by atoms with Gasteiger partial charge in [0.15, 0.2) is 0 Å². The van der Waals surface area contributed by atoms with E-state index < -0.39 is 21.7 Å². The van der Waals surface area contributed by atoms with Crippen molar-refractivity contribution in [3.8, 4) is 0 Å². The Kier molecular flexibility index (Phi) is 5.64. The average molecular weight is 371 g/mol. The molecule has 1 amide bonds. The van der Waals surface area contributed by atoms with Crippen molar-refractivity contribution in [2.45, 2.75) is 26.2 Å². The summed E-state index contributed by atoms with van der Waals surface area (Å²) in [5.41, 5.74) is 0. The molecule has 18 heavy (non-hydrogen) atoms. The standard InChI is InChI=1S/C9H18N2O.C4H3Cl.In/c1-2-5-11-6-3-4-8(7-11)9(10)12;1-2-3-4-5;/h8H,2-7H2,1H3,(H2,10,12);1-3H;/q;;+1/p-1. The number of carbonyl (C=O) groups excluding carboxylic acids is 1. The predicted octanol–water partition coefficient (Wildman–Crippen LogP) is 1.99. The van der Waals surface area contributed by atoms with Crippen molar-refractivity contribution in [2.24, 2.45) is 5.92 Å². The van der Waals surface area contributed by atoms with E-state index in [1.165, 1.54) is 0 Å². The maximum atomic E-state index is 12.2. The summed E-state index contributed by atoms with van der Waals surface area (Å²) in [5, 5.41) is 0. The SMILES string of the molecule is CCCN1CCCC(C(=O)[NH][In]2[CH]=CC=[C]2Cl)C1. The van der Waals surface area contributed by atoms with E-state index in [1.54, 1.807) is 0 Å². The first-order valence-corrected chi connectivity index (χ1v) is 12.3. The molecule has 98 valence electrons. The zero-order chi connectivity index (χ0) is 13.0. The number of allylic oxidation sites excluding steroid dienone is 2. The van der Waals surface area contributed by atoms with Crippen molar-refractivity contribution in [1.29, 1.82) is 0 Å². The first-order valence-electron chi connectivity index (χ1n) is 6.77. The van der Waals surface area contributed by atoms with E-state index in [4.69, 9.17) is 11.6 Å². The van der Waals surface area contributed by atoms with Crippen molar-refractivity contribution < 1.29 is 4.79 Å². The van der Waals surface area contributed by atoms with Crippen LogP contribution in [0, 0.1) is 5.92 Å². The molecule has 0 aromatic carbocycles. The van der Waals surface area contributed by atoms with Crippen LogP contribution in [0.1, 0.15) is 26.2 Å². The van der Waals surface area contributed by atoms with Crippen LogP contribution in [-0.4, -0.2) is 52.2 Å². The third-order valence-corrected chi connectivity index (χ3v) is 11.0. The Labute approximate surface area is 122 Å². The zero-order valence-corrected chi connectivity index (χ0v) is 14.9. The Morgan fingerprint density at radius 3 is 3.17 bits per heavy atom. The van der Waals surface area contributed by atoms with E-state index in [9.17, 15) is 4.79 Å². The van der Waals surface area contributed by atoms with Gasteiger partial charge in [0.2, 0.25) is 0 Å². The Bertz CT molecular complexity index is 368. The van der Waals surface area contributed by atoms with Crippen LogP contribution in [0.3, 0.4) is 0 Å². The van der Waals surface area contributed by atoms with E-state index in [1.807, 2.05) is 12.2 Å². The van der Waals surface area contributed by atoms with Gasteiger partial charge in [0, 0.05) is 0 Å². The molecule has 0 aromatic heterocycles. The van der Waals surface area contributed by atoms with Crippen LogP contribution in [0.15, 0.2) is 18.8 Å². The molecule has 1 atom stereocenters. The second-order valence-corrected chi connectivity index (χ2v) is 13.0. The molecule has 0 bridgehead atoms. The number of halogens is 1. The maximum absolute atomic E-state index is 12.2. The van der Waals surface area contributed by atoms with Gasteiger partial charge in [-0.1, -0.05) is 0 Å². The molecule has 1 N–H and O–H groups in total. The molecule has 2 rings (SSSR count). The van der Waals surface area contributed by atoms with Gasteiger partial charge in [-0.2, -0.15) is 0 Å². The van der Waals surface area contributed by atoms with Crippen molar-refractivity contribution in [3.63, 3.8) is 0 Å². The number of likely N-dealkylation sites (tertiary alicyclic amines) is 1. The molecule has 0 aromatic rings.